The number of amides is 1. The molecule has 37 heavy (non-hydrogen) atoms. The average molecular weight is 489 g/mol. The van der Waals surface area contributed by atoms with Crippen LogP contribution in [-0.4, -0.2) is 6.41 Å². The van der Waals surface area contributed by atoms with Crippen molar-refractivity contribution in [3.05, 3.63) is 142 Å². The largest absolute Gasteiger partial charge is 0.352 e. The maximum absolute atomic E-state index is 10.8. The minimum Gasteiger partial charge on any atom is -0.352 e. The molecule has 3 heteroatoms. The zero-order valence-electron chi connectivity index (χ0n) is 22.2. The molecule has 188 valence electrons. The summed E-state index contributed by atoms with van der Waals surface area (Å²) in [7, 11) is 0. The predicted molar refractivity (Wildman–Crippen MR) is 152 cm³/mol. The zero-order chi connectivity index (χ0) is 26.6. The molecule has 3 nitrogen and oxygen atoms in total. The fraction of sp³-hybridized carbons (Fsp3) is 0.235. The Morgan fingerprint density at radius 3 is 1.41 bits per heavy atom. The normalized spacial score (nSPS) is 11.9. The first-order chi connectivity index (χ1) is 17.9. The molecule has 0 saturated heterocycles. The molecule has 0 aliphatic carbocycles. The van der Waals surface area contributed by atoms with Crippen LogP contribution in [0.15, 0.2) is 97.1 Å². The maximum Gasteiger partial charge on any atom is 0.207 e. The Morgan fingerprint density at radius 2 is 1.00 bits per heavy atom. The first kappa shape index (κ1) is 27.4. The van der Waals surface area contributed by atoms with Crippen molar-refractivity contribution in [3.63, 3.8) is 0 Å². The van der Waals surface area contributed by atoms with Crippen LogP contribution in [0.2, 0.25) is 0 Å². The summed E-state index contributed by atoms with van der Waals surface area (Å²) in [6, 6.07) is 35.8. The van der Waals surface area contributed by atoms with E-state index in [1.54, 1.807) is 0 Å². The molecule has 2 atom stereocenters. The van der Waals surface area contributed by atoms with E-state index >= 15 is 0 Å². The van der Waals surface area contributed by atoms with E-state index in [2.05, 4.69) is 136 Å². The van der Waals surface area contributed by atoms with Crippen LogP contribution in [0.25, 0.3) is 0 Å². The highest BCUT2D eigenvalue weighted by Gasteiger charge is 2.12. The number of hydrogen-bond acceptors (Lipinski definition) is 2. The third-order valence-corrected chi connectivity index (χ3v) is 6.51. The molecule has 0 aromatic heterocycles. The monoisotopic (exact) mass is 488 g/mol. The van der Waals surface area contributed by atoms with Crippen LogP contribution in [0.5, 0.6) is 0 Å². The van der Waals surface area contributed by atoms with Crippen molar-refractivity contribution in [2.45, 2.75) is 52.5 Å². The Morgan fingerprint density at radius 1 is 0.622 bits per heavy atom. The van der Waals surface area contributed by atoms with Crippen LogP contribution in [0.3, 0.4) is 0 Å². The Hall–Kier alpha value is -4.16. The van der Waals surface area contributed by atoms with Gasteiger partial charge in [0.05, 0.1) is 18.0 Å². The summed E-state index contributed by atoms with van der Waals surface area (Å²) in [6.45, 7) is 8.27. The van der Waals surface area contributed by atoms with Crippen LogP contribution < -0.4 is 5.32 Å². The van der Waals surface area contributed by atoms with Crippen molar-refractivity contribution in [3.8, 4) is 6.07 Å². The molecule has 1 N–H and O–H groups in total. The lowest BCUT2D eigenvalue weighted by Gasteiger charge is -2.17. The molecule has 4 aromatic rings. The molecule has 2 unspecified atom stereocenters. The fourth-order valence-corrected chi connectivity index (χ4v) is 4.11. The number of rotatable bonds is 8. The standard InChI is InChI=1S/C17H19NO.C17H17N/c1-13-3-7-15(8-4-13)11-17(18-12-19)16-9-5-14(2)6-10-16;1-13-3-7-15(8-4-13)11-17(12-18)16-9-5-14(2)6-10-16/h3-10,12,17H,11H2,1-2H3,(H,18,19);3-10,17H,11H2,1-2H3. The minimum atomic E-state index is -0.0618. The van der Waals surface area contributed by atoms with Gasteiger partial charge in [0, 0.05) is 0 Å². The van der Waals surface area contributed by atoms with Gasteiger partial charge in [-0.05, 0) is 62.8 Å². The van der Waals surface area contributed by atoms with Crippen molar-refractivity contribution in [2.75, 3.05) is 0 Å². The molecular weight excluding hydrogens is 452 g/mol. The summed E-state index contributed by atoms with van der Waals surface area (Å²) < 4.78 is 0. The van der Waals surface area contributed by atoms with E-state index in [-0.39, 0.29) is 12.0 Å². The smallest absolute Gasteiger partial charge is 0.207 e. The van der Waals surface area contributed by atoms with E-state index in [4.69, 9.17) is 0 Å². The number of aryl methyl sites for hydroxylation is 4. The lowest BCUT2D eigenvalue weighted by atomic mass is 9.92. The summed E-state index contributed by atoms with van der Waals surface area (Å²) in [6.07, 6.45) is 2.36. The summed E-state index contributed by atoms with van der Waals surface area (Å²) >= 11 is 0. The second-order valence-electron chi connectivity index (χ2n) is 9.72. The number of nitrogens with zero attached hydrogens (tertiary/aromatic N) is 1. The molecule has 0 saturated carbocycles. The highest BCUT2D eigenvalue weighted by Crippen LogP contribution is 2.21. The molecule has 0 radical (unpaired) electrons. The van der Waals surface area contributed by atoms with Gasteiger partial charge in [0.2, 0.25) is 6.41 Å². The van der Waals surface area contributed by atoms with E-state index in [1.165, 1.54) is 33.4 Å². The van der Waals surface area contributed by atoms with E-state index < -0.39 is 0 Å². The predicted octanol–water partition coefficient (Wildman–Crippen LogP) is 7.49. The molecule has 0 aliphatic rings. The van der Waals surface area contributed by atoms with Crippen molar-refractivity contribution in [2.24, 2.45) is 0 Å². The van der Waals surface area contributed by atoms with Gasteiger partial charge in [0.15, 0.2) is 0 Å². The van der Waals surface area contributed by atoms with Crippen molar-refractivity contribution in [1.29, 1.82) is 5.26 Å². The second-order valence-corrected chi connectivity index (χ2v) is 9.72. The van der Waals surface area contributed by atoms with Gasteiger partial charge in [-0.3, -0.25) is 4.79 Å². The van der Waals surface area contributed by atoms with Gasteiger partial charge >= 0.3 is 0 Å². The zero-order valence-corrected chi connectivity index (χ0v) is 22.2. The highest BCUT2D eigenvalue weighted by atomic mass is 16.1. The highest BCUT2D eigenvalue weighted by molar-refractivity contribution is 5.48. The lowest BCUT2D eigenvalue weighted by molar-refractivity contribution is -0.110. The van der Waals surface area contributed by atoms with E-state index in [0.29, 0.717) is 0 Å². The number of carbonyl (C=O) groups excluding carboxylic acids is 1. The molecule has 1 amide bonds. The van der Waals surface area contributed by atoms with E-state index in [0.717, 1.165) is 30.4 Å². The third-order valence-electron chi connectivity index (χ3n) is 6.51. The summed E-state index contributed by atoms with van der Waals surface area (Å²) in [4.78, 5) is 10.8. The van der Waals surface area contributed by atoms with Crippen LogP contribution in [0.1, 0.15) is 56.5 Å². The summed E-state index contributed by atoms with van der Waals surface area (Å²) in [5, 5.41) is 12.2. The quantitative estimate of drug-likeness (QED) is 0.261. The van der Waals surface area contributed by atoms with E-state index in [9.17, 15) is 10.1 Å². The first-order valence-corrected chi connectivity index (χ1v) is 12.7. The molecule has 0 bridgehead atoms. The third kappa shape index (κ3) is 8.78. The molecule has 4 aromatic carbocycles. The van der Waals surface area contributed by atoms with Gasteiger partial charge in [-0.15, -0.1) is 0 Å². The van der Waals surface area contributed by atoms with Gasteiger partial charge in [-0.2, -0.15) is 5.26 Å². The van der Waals surface area contributed by atoms with E-state index in [1.807, 2.05) is 0 Å². The Balaban J connectivity index is 0.000000206. The second kappa shape index (κ2) is 13.8. The number of nitriles is 1. The number of benzene rings is 4. The van der Waals surface area contributed by atoms with Crippen molar-refractivity contribution >= 4 is 6.41 Å². The Bertz CT molecular complexity index is 1280. The topological polar surface area (TPSA) is 52.9 Å². The van der Waals surface area contributed by atoms with Gasteiger partial charge in [0.1, 0.15) is 0 Å². The molecular formula is C34H36N2O. The van der Waals surface area contributed by atoms with Crippen molar-refractivity contribution < 1.29 is 4.79 Å². The first-order valence-electron chi connectivity index (χ1n) is 12.7. The van der Waals surface area contributed by atoms with Crippen LogP contribution in [-0.2, 0) is 17.6 Å². The molecule has 0 aliphatic heterocycles. The van der Waals surface area contributed by atoms with Crippen LogP contribution in [0, 0.1) is 39.0 Å². The molecule has 4 rings (SSSR count). The van der Waals surface area contributed by atoms with Gasteiger partial charge in [-0.1, -0.05) is 119 Å². The fourth-order valence-electron chi connectivity index (χ4n) is 4.11. The number of nitrogens with one attached hydrogen (secondary N) is 1. The molecule has 0 heterocycles. The van der Waals surface area contributed by atoms with Gasteiger partial charge in [0.25, 0.3) is 0 Å². The van der Waals surface area contributed by atoms with Crippen LogP contribution >= 0.6 is 0 Å². The molecule has 0 fully saturated rings. The Kier molecular flexibility index (Phi) is 10.2. The summed E-state index contributed by atoms with van der Waals surface area (Å²) in [5.74, 6) is -0.0618. The minimum absolute atomic E-state index is 0.0285. The average Bonchev–Trinajstić information content (AvgIpc) is 2.91. The SMILES string of the molecule is Cc1ccc(CC(C#N)c2ccc(C)cc2)cc1.Cc1ccc(CC(NC=O)c2ccc(C)cc2)cc1. The molecule has 0 spiro atoms. The van der Waals surface area contributed by atoms with Crippen molar-refractivity contribution in [1.82, 2.24) is 5.32 Å². The summed E-state index contributed by atoms with van der Waals surface area (Å²) in [5.41, 5.74) is 9.64. The van der Waals surface area contributed by atoms with Gasteiger partial charge < -0.3 is 5.32 Å². The maximum atomic E-state index is 10.8. The van der Waals surface area contributed by atoms with Crippen LogP contribution in [0.4, 0.5) is 0 Å². The lowest BCUT2D eigenvalue weighted by Crippen LogP contribution is -2.21. The Labute approximate surface area is 221 Å². The number of hydrogen-bond donors (Lipinski definition) is 1. The van der Waals surface area contributed by atoms with Gasteiger partial charge in [-0.25, -0.2) is 0 Å². The number of carbonyl (C=O) groups is 1.